The lowest BCUT2D eigenvalue weighted by molar-refractivity contribution is 0.0635. The summed E-state index contributed by atoms with van der Waals surface area (Å²) in [5.41, 5.74) is 1.04. The molecule has 0 N–H and O–H groups in total. The number of hydrogen-bond acceptors (Lipinski definition) is 5. The third-order valence-corrected chi connectivity index (χ3v) is 6.43. The van der Waals surface area contributed by atoms with Gasteiger partial charge < -0.3 is 9.80 Å². The summed E-state index contributed by atoms with van der Waals surface area (Å²) in [6.45, 7) is 6.29. The molecule has 0 bridgehead atoms. The van der Waals surface area contributed by atoms with Crippen molar-refractivity contribution in [3.63, 3.8) is 0 Å². The molecule has 0 saturated carbocycles. The van der Waals surface area contributed by atoms with E-state index in [4.69, 9.17) is 0 Å². The molecule has 0 unspecified atom stereocenters. The fraction of sp³-hybridized carbons (Fsp3) is 0.391. The summed E-state index contributed by atoms with van der Waals surface area (Å²) in [5.74, 6) is -0.663. The summed E-state index contributed by atoms with van der Waals surface area (Å²) in [5, 5.41) is 1.88. The molecular weight excluding hydrogens is 414 g/mol. The molecule has 4 rings (SSSR count). The molecule has 1 fully saturated rings. The van der Waals surface area contributed by atoms with E-state index in [2.05, 4.69) is 0 Å². The van der Waals surface area contributed by atoms with Crippen molar-refractivity contribution in [3.05, 3.63) is 57.3 Å². The molecule has 4 amide bonds. The maximum Gasteiger partial charge on any atom is 0.263 e. The first-order valence-electron chi connectivity index (χ1n) is 10.5. The first kappa shape index (κ1) is 21.2. The Hall–Kier alpha value is -3.00. The first-order valence-corrected chi connectivity index (χ1v) is 11.4. The van der Waals surface area contributed by atoms with Gasteiger partial charge >= 0.3 is 0 Å². The van der Waals surface area contributed by atoms with Crippen molar-refractivity contribution in [2.45, 2.75) is 20.3 Å². The molecule has 7 nitrogen and oxygen atoms in total. The second-order valence-corrected chi connectivity index (χ2v) is 9.24. The van der Waals surface area contributed by atoms with E-state index in [1.54, 1.807) is 21.9 Å². The van der Waals surface area contributed by atoms with E-state index in [1.165, 1.54) is 22.3 Å². The summed E-state index contributed by atoms with van der Waals surface area (Å²) in [7, 11) is 0. The van der Waals surface area contributed by atoms with Gasteiger partial charge in [-0.15, -0.1) is 11.3 Å². The van der Waals surface area contributed by atoms with Crippen molar-refractivity contribution in [2.24, 2.45) is 5.92 Å². The average Bonchev–Trinajstić information content (AvgIpc) is 3.28. The molecule has 2 aromatic rings. The number of amides is 4. The fourth-order valence-electron chi connectivity index (χ4n) is 4.02. The third kappa shape index (κ3) is 4.12. The van der Waals surface area contributed by atoms with Crippen LogP contribution in [0.1, 0.15) is 61.0 Å². The van der Waals surface area contributed by atoms with Gasteiger partial charge in [-0.05, 0) is 42.0 Å². The Kier molecular flexibility index (Phi) is 5.91. The Morgan fingerprint density at radius 2 is 1.61 bits per heavy atom. The highest BCUT2D eigenvalue weighted by molar-refractivity contribution is 7.12. The molecule has 2 aliphatic rings. The number of hydrogen-bond donors (Lipinski definition) is 0. The van der Waals surface area contributed by atoms with Gasteiger partial charge in [-0.25, -0.2) is 0 Å². The van der Waals surface area contributed by atoms with E-state index in [0.717, 1.165) is 0 Å². The highest BCUT2D eigenvalue weighted by Crippen LogP contribution is 2.25. The van der Waals surface area contributed by atoms with Crippen LogP contribution in [0.25, 0.3) is 0 Å². The van der Waals surface area contributed by atoms with E-state index >= 15 is 0 Å². The van der Waals surface area contributed by atoms with Crippen molar-refractivity contribution in [3.8, 4) is 0 Å². The molecule has 0 aliphatic carbocycles. The molecule has 3 heterocycles. The normalized spacial score (nSPS) is 16.7. The lowest BCUT2D eigenvalue weighted by atomic mass is 10.0. The molecule has 0 radical (unpaired) electrons. The highest BCUT2D eigenvalue weighted by Gasteiger charge is 2.36. The number of thiophene rings is 1. The van der Waals surface area contributed by atoms with Crippen LogP contribution in [0.15, 0.2) is 35.7 Å². The predicted octanol–water partition coefficient (Wildman–Crippen LogP) is 2.99. The van der Waals surface area contributed by atoms with Crippen LogP contribution in [-0.4, -0.2) is 71.1 Å². The minimum atomic E-state index is -0.341. The van der Waals surface area contributed by atoms with Crippen molar-refractivity contribution in [1.29, 1.82) is 0 Å². The Labute approximate surface area is 185 Å². The van der Waals surface area contributed by atoms with Crippen LogP contribution in [0.2, 0.25) is 0 Å². The maximum atomic E-state index is 13.1. The number of carbonyl (C=O) groups is 4. The number of carbonyl (C=O) groups excluding carboxylic acids is 4. The number of imide groups is 1. The third-order valence-electron chi connectivity index (χ3n) is 5.57. The van der Waals surface area contributed by atoms with E-state index in [9.17, 15) is 19.2 Å². The monoisotopic (exact) mass is 439 g/mol. The second-order valence-electron chi connectivity index (χ2n) is 8.29. The SMILES string of the molecule is CC(C)CN1C(=O)c2ccc(C(=O)N3CCCN(C(=O)c4cccs4)CC3)cc2C1=O. The van der Waals surface area contributed by atoms with Crippen LogP contribution in [0.3, 0.4) is 0 Å². The Morgan fingerprint density at radius 1 is 0.935 bits per heavy atom. The standard InChI is InChI=1S/C23H25N3O4S/c1-15(2)14-26-21(28)17-7-6-16(13-18(17)22(26)29)20(27)24-8-4-9-25(11-10-24)23(30)19-5-3-12-31-19/h3,5-7,12-13,15H,4,8-11,14H2,1-2H3. The zero-order valence-corrected chi connectivity index (χ0v) is 18.5. The summed E-state index contributed by atoms with van der Waals surface area (Å²) in [6.07, 6.45) is 0.688. The van der Waals surface area contributed by atoms with Crippen molar-refractivity contribution < 1.29 is 19.2 Å². The number of nitrogens with zero attached hydrogens (tertiary/aromatic N) is 3. The van der Waals surface area contributed by atoms with Crippen LogP contribution in [0.5, 0.6) is 0 Å². The maximum absolute atomic E-state index is 13.1. The predicted molar refractivity (Wildman–Crippen MR) is 117 cm³/mol. The van der Waals surface area contributed by atoms with E-state index in [0.29, 0.717) is 60.7 Å². The number of fused-ring (bicyclic) bond motifs is 1. The van der Waals surface area contributed by atoms with Crippen LogP contribution < -0.4 is 0 Å². The lowest BCUT2D eigenvalue weighted by Gasteiger charge is -2.22. The summed E-state index contributed by atoms with van der Waals surface area (Å²) >= 11 is 1.42. The van der Waals surface area contributed by atoms with E-state index in [1.807, 2.05) is 31.4 Å². The number of rotatable bonds is 4. The molecule has 1 saturated heterocycles. The van der Waals surface area contributed by atoms with E-state index < -0.39 is 0 Å². The van der Waals surface area contributed by atoms with E-state index in [-0.39, 0.29) is 29.5 Å². The fourth-order valence-corrected chi connectivity index (χ4v) is 4.71. The Balaban J connectivity index is 1.47. The van der Waals surface area contributed by atoms with Gasteiger partial charge in [0.05, 0.1) is 16.0 Å². The molecule has 2 aliphatic heterocycles. The second kappa shape index (κ2) is 8.63. The Bertz CT molecular complexity index is 1030. The molecule has 1 aromatic heterocycles. The smallest absolute Gasteiger partial charge is 0.263 e. The van der Waals surface area contributed by atoms with Gasteiger partial charge in [-0.3, -0.25) is 24.1 Å². The molecule has 31 heavy (non-hydrogen) atoms. The van der Waals surface area contributed by atoms with Gasteiger partial charge in [0.2, 0.25) is 0 Å². The van der Waals surface area contributed by atoms with Gasteiger partial charge in [0, 0.05) is 38.3 Å². The van der Waals surface area contributed by atoms with Crippen LogP contribution in [0.4, 0.5) is 0 Å². The topological polar surface area (TPSA) is 78.0 Å². The van der Waals surface area contributed by atoms with Crippen LogP contribution in [0, 0.1) is 5.92 Å². The highest BCUT2D eigenvalue weighted by atomic mass is 32.1. The van der Waals surface area contributed by atoms with Gasteiger partial charge in [-0.2, -0.15) is 0 Å². The zero-order valence-electron chi connectivity index (χ0n) is 17.7. The number of benzene rings is 1. The van der Waals surface area contributed by atoms with Gasteiger partial charge in [-0.1, -0.05) is 19.9 Å². The Morgan fingerprint density at radius 3 is 2.26 bits per heavy atom. The average molecular weight is 440 g/mol. The van der Waals surface area contributed by atoms with Crippen molar-refractivity contribution in [1.82, 2.24) is 14.7 Å². The van der Waals surface area contributed by atoms with Crippen LogP contribution in [-0.2, 0) is 0 Å². The largest absolute Gasteiger partial charge is 0.337 e. The van der Waals surface area contributed by atoms with Gasteiger partial charge in [0.15, 0.2) is 0 Å². The molecule has 0 atom stereocenters. The quantitative estimate of drug-likeness (QED) is 0.686. The van der Waals surface area contributed by atoms with Gasteiger partial charge in [0.25, 0.3) is 23.6 Å². The molecule has 8 heteroatoms. The van der Waals surface area contributed by atoms with Crippen molar-refractivity contribution in [2.75, 3.05) is 32.7 Å². The molecule has 1 aromatic carbocycles. The lowest BCUT2D eigenvalue weighted by Crippen LogP contribution is -2.37. The zero-order chi connectivity index (χ0) is 22.1. The first-order chi connectivity index (χ1) is 14.9. The molecule has 0 spiro atoms. The molecule has 162 valence electrons. The minimum Gasteiger partial charge on any atom is -0.337 e. The summed E-state index contributed by atoms with van der Waals surface area (Å²) in [4.78, 5) is 56.5. The summed E-state index contributed by atoms with van der Waals surface area (Å²) in [6, 6.07) is 8.40. The molecular formula is C23H25N3O4S. The van der Waals surface area contributed by atoms with Crippen molar-refractivity contribution >= 4 is 35.0 Å². The summed E-state index contributed by atoms with van der Waals surface area (Å²) < 4.78 is 0. The minimum absolute atomic E-state index is 0.00353. The van der Waals surface area contributed by atoms with Gasteiger partial charge in [0.1, 0.15) is 0 Å². The van der Waals surface area contributed by atoms with Crippen LogP contribution >= 0.6 is 11.3 Å².